The van der Waals surface area contributed by atoms with Crippen molar-refractivity contribution in [3.63, 3.8) is 0 Å². The van der Waals surface area contributed by atoms with E-state index in [0.29, 0.717) is 0 Å². The van der Waals surface area contributed by atoms with Crippen LogP contribution in [0.1, 0.15) is 13.8 Å². The minimum Gasteiger partial charge on any atom is -0.394 e. The Morgan fingerprint density at radius 2 is 1.70 bits per heavy atom. The van der Waals surface area contributed by atoms with Crippen LogP contribution in [-0.2, 0) is 14.2 Å². The van der Waals surface area contributed by atoms with Crippen LogP contribution >= 0.6 is 0 Å². The molecule has 0 bridgehead atoms. The fourth-order valence-electron chi connectivity index (χ4n) is 1.73. The van der Waals surface area contributed by atoms with E-state index in [0.717, 1.165) is 0 Å². The van der Waals surface area contributed by atoms with Gasteiger partial charge in [-0.25, -0.2) is 0 Å². The summed E-state index contributed by atoms with van der Waals surface area (Å²) in [6.45, 7) is 3.18. The van der Waals surface area contributed by atoms with Crippen LogP contribution in [0.15, 0.2) is 0 Å². The van der Waals surface area contributed by atoms with Crippen LogP contribution in [0.5, 0.6) is 0 Å². The Kier molecular flexibility index (Phi) is 7.27. The summed E-state index contributed by atoms with van der Waals surface area (Å²) >= 11 is 0. The maximum atomic E-state index is 9.69. The smallest absolute Gasteiger partial charge is 0.186 e. The summed E-state index contributed by atoms with van der Waals surface area (Å²) in [4.78, 5) is 0. The molecular formula is C12H24O8. The first-order valence-electron chi connectivity index (χ1n) is 6.60. The number of ether oxygens (including phenoxy) is 3. The van der Waals surface area contributed by atoms with E-state index in [9.17, 15) is 20.4 Å². The van der Waals surface area contributed by atoms with Gasteiger partial charge in [-0.05, 0) is 0 Å². The van der Waals surface area contributed by atoms with Gasteiger partial charge in [0, 0.05) is 5.92 Å². The first-order chi connectivity index (χ1) is 9.38. The molecule has 0 radical (unpaired) electrons. The molecule has 8 nitrogen and oxygen atoms in total. The SMILES string of the molecule is CC(C)C(O)OCCOC1OC(CO)[C@H](O)[C@H](O)C1O. The second-order valence-electron chi connectivity index (χ2n) is 5.07. The largest absolute Gasteiger partial charge is 0.394 e. The number of aliphatic hydroxyl groups is 5. The Hall–Kier alpha value is -0.320. The van der Waals surface area contributed by atoms with Crippen molar-refractivity contribution in [3.05, 3.63) is 0 Å². The Morgan fingerprint density at radius 3 is 2.25 bits per heavy atom. The molecule has 8 heteroatoms. The highest BCUT2D eigenvalue weighted by Gasteiger charge is 2.43. The zero-order chi connectivity index (χ0) is 15.3. The lowest BCUT2D eigenvalue weighted by Crippen LogP contribution is -2.59. The maximum Gasteiger partial charge on any atom is 0.186 e. The van der Waals surface area contributed by atoms with Gasteiger partial charge in [-0.2, -0.15) is 0 Å². The molecule has 1 aliphatic rings. The molecule has 0 saturated carbocycles. The Labute approximate surface area is 117 Å². The normalized spacial score (nSPS) is 36.3. The van der Waals surface area contributed by atoms with E-state index < -0.39 is 43.6 Å². The summed E-state index contributed by atoms with van der Waals surface area (Å²) in [5.41, 5.74) is 0. The van der Waals surface area contributed by atoms with Gasteiger partial charge in [0.25, 0.3) is 0 Å². The van der Waals surface area contributed by atoms with Gasteiger partial charge < -0.3 is 39.7 Å². The third-order valence-corrected chi connectivity index (χ3v) is 3.07. The summed E-state index contributed by atoms with van der Waals surface area (Å²) in [5.74, 6) is -0.0535. The second kappa shape index (κ2) is 8.20. The number of hydrogen-bond acceptors (Lipinski definition) is 8. The van der Waals surface area contributed by atoms with E-state index in [1.165, 1.54) is 0 Å². The number of rotatable bonds is 7. The number of hydrogen-bond donors (Lipinski definition) is 5. The lowest BCUT2D eigenvalue weighted by molar-refractivity contribution is -0.304. The first-order valence-corrected chi connectivity index (χ1v) is 6.60. The molecule has 0 aliphatic carbocycles. The van der Waals surface area contributed by atoms with Gasteiger partial charge in [0.2, 0.25) is 0 Å². The summed E-state index contributed by atoms with van der Waals surface area (Å²) in [7, 11) is 0. The van der Waals surface area contributed by atoms with Gasteiger partial charge in [-0.15, -0.1) is 0 Å². The zero-order valence-electron chi connectivity index (χ0n) is 11.6. The topological polar surface area (TPSA) is 129 Å². The molecule has 0 aromatic carbocycles. The van der Waals surface area contributed by atoms with Crippen molar-refractivity contribution in [2.75, 3.05) is 19.8 Å². The Bertz CT molecular complexity index is 272. The van der Waals surface area contributed by atoms with Crippen LogP contribution in [-0.4, -0.2) is 82.3 Å². The summed E-state index contributed by atoms with van der Waals surface area (Å²) in [5, 5.41) is 47.2. The molecule has 6 atom stereocenters. The summed E-state index contributed by atoms with van der Waals surface area (Å²) in [6, 6.07) is 0. The third kappa shape index (κ3) is 4.61. The molecule has 1 heterocycles. The standard InChI is InChI=1S/C12H24O8/c1-6(2)11(17)18-3-4-19-12-10(16)9(15)8(14)7(5-13)20-12/h6-17H,3-5H2,1-2H3/t7?,8-,9-,10?,11?,12?/m0/s1. The van der Waals surface area contributed by atoms with Crippen molar-refractivity contribution < 1.29 is 39.7 Å². The summed E-state index contributed by atoms with van der Waals surface area (Å²) in [6.07, 6.45) is -7.39. The van der Waals surface area contributed by atoms with Crippen molar-refractivity contribution >= 4 is 0 Å². The van der Waals surface area contributed by atoms with Crippen LogP contribution in [0, 0.1) is 5.92 Å². The van der Waals surface area contributed by atoms with Gasteiger partial charge in [-0.1, -0.05) is 13.8 Å². The van der Waals surface area contributed by atoms with Gasteiger partial charge in [-0.3, -0.25) is 0 Å². The van der Waals surface area contributed by atoms with Crippen LogP contribution in [0.25, 0.3) is 0 Å². The van der Waals surface area contributed by atoms with Crippen molar-refractivity contribution in [3.8, 4) is 0 Å². The van der Waals surface area contributed by atoms with E-state index in [1.807, 2.05) is 0 Å². The molecule has 0 aromatic heterocycles. The van der Waals surface area contributed by atoms with Crippen LogP contribution in [0.3, 0.4) is 0 Å². The van der Waals surface area contributed by atoms with Crippen molar-refractivity contribution in [2.24, 2.45) is 5.92 Å². The fourth-order valence-corrected chi connectivity index (χ4v) is 1.73. The predicted molar refractivity (Wildman–Crippen MR) is 66.5 cm³/mol. The van der Waals surface area contributed by atoms with Gasteiger partial charge in [0.1, 0.15) is 24.4 Å². The van der Waals surface area contributed by atoms with Crippen LogP contribution in [0.2, 0.25) is 0 Å². The molecule has 5 N–H and O–H groups in total. The summed E-state index contributed by atoms with van der Waals surface area (Å²) < 4.78 is 15.4. The highest BCUT2D eigenvalue weighted by Crippen LogP contribution is 2.21. The predicted octanol–water partition coefficient (Wildman–Crippen LogP) is -2.21. The van der Waals surface area contributed by atoms with Crippen molar-refractivity contribution in [2.45, 2.75) is 50.8 Å². The van der Waals surface area contributed by atoms with Gasteiger partial charge in [0.05, 0.1) is 19.8 Å². The molecule has 0 spiro atoms. The average molecular weight is 296 g/mol. The minimum absolute atomic E-state index is 0.0203. The zero-order valence-corrected chi connectivity index (χ0v) is 11.6. The van der Waals surface area contributed by atoms with Crippen LogP contribution < -0.4 is 0 Å². The van der Waals surface area contributed by atoms with Crippen molar-refractivity contribution in [1.82, 2.24) is 0 Å². The average Bonchev–Trinajstić information content (AvgIpc) is 2.42. The molecular weight excluding hydrogens is 272 g/mol. The van der Waals surface area contributed by atoms with Crippen LogP contribution in [0.4, 0.5) is 0 Å². The quantitative estimate of drug-likeness (QED) is 0.264. The fraction of sp³-hybridized carbons (Fsp3) is 1.00. The maximum absolute atomic E-state index is 9.69. The van der Waals surface area contributed by atoms with Gasteiger partial charge >= 0.3 is 0 Å². The molecule has 1 fully saturated rings. The third-order valence-electron chi connectivity index (χ3n) is 3.07. The molecule has 1 saturated heterocycles. The highest BCUT2D eigenvalue weighted by molar-refractivity contribution is 4.88. The monoisotopic (exact) mass is 296 g/mol. The first kappa shape index (κ1) is 17.7. The van der Waals surface area contributed by atoms with E-state index in [1.54, 1.807) is 13.8 Å². The molecule has 1 aliphatic heterocycles. The lowest BCUT2D eigenvalue weighted by atomic mass is 9.99. The molecule has 1 rings (SSSR count). The Balaban J connectivity index is 2.35. The van der Waals surface area contributed by atoms with Gasteiger partial charge in [0.15, 0.2) is 12.6 Å². The molecule has 120 valence electrons. The van der Waals surface area contributed by atoms with E-state index in [-0.39, 0.29) is 19.1 Å². The van der Waals surface area contributed by atoms with E-state index in [2.05, 4.69) is 0 Å². The minimum atomic E-state index is -1.46. The lowest BCUT2D eigenvalue weighted by Gasteiger charge is -2.39. The molecule has 0 aromatic rings. The highest BCUT2D eigenvalue weighted by atomic mass is 16.7. The molecule has 0 amide bonds. The van der Waals surface area contributed by atoms with E-state index >= 15 is 0 Å². The number of aliphatic hydroxyl groups excluding tert-OH is 5. The van der Waals surface area contributed by atoms with Crippen molar-refractivity contribution in [1.29, 1.82) is 0 Å². The second-order valence-corrected chi connectivity index (χ2v) is 5.07. The molecule has 4 unspecified atom stereocenters. The van der Waals surface area contributed by atoms with E-state index in [4.69, 9.17) is 19.3 Å². The molecule has 20 heavy (non-hydrogen) atoms. The Morgan fingerprint density at radius 1 is 1.05 bits per heavy atom.